The monoisotopic (exact) mass is 250 g/mol. The van der Waals surface area contributed by atoms with Gasteiger partial charge in [-0.2, -0.15) is 0 Å². The Bertz CT molecular complexity index is 356. The van der Waals surface area contributed by atoms with Crippen molar-refractivity contribution in [1.29, 1.82) is 0 Å². The van der Waals surface area contributed by atoms with Crippen molar-refractivity contribution in [3.05, 3.63) is 0 Å². The smallest absolute Gasteiger partial charge is 0.225 e. The number of carbonyl (C=O) groups is 1. The minimum absolute atomic E-state index is 0.212. The molecule has 4 rings (SSSR count). The molecule has 5 unspecified atom stereocenters. The normalized spacial score (nSPS) is 46.6. The maximum atomic E-state index is 12.4. The molecule has 18 heavy (non-hydrogen) atoms. The van der Waals surface area contributed by atoms with Gasteiger partial charge in [0.15, 0.2) is 0 Å². The Balaban J connectivity index is 1.37. The summed E-state index contributed by atoms with van der Waals surface area (Å²) in [6, 6.07) is 1.32. The van der Waals surface area contributed by atoms with Crippen LogP contribution in [-0.2, 0) is 9.53 Å². The summed E-state index contributed by atoms with van der Waals surface area (Å²) >= 11 is 0. The molecule has 1 aliphatic carbocycles. The molecule has 0 radical (unpaired) electrons. The fourth-order valence-electron chi connectivity index (χ4n) is 4.06. The average molecular weight is 250 g/mol. The van der Waals surface area contributed by atoms with Gasteiger partial charge in [-0.3, -0.25) is 4.79 Å². The molecule has 4 nitrogen and oxygen atoms in total. The largest absolute Gasteiger partial charge is 0.376 e. The fourth-order valence-corrected chi connectivity index (χ4v) is 4.06. The molecule has 3 aliphatic heterocycles. The molecule has 2 bridgehead atoms. The van der Waals surface area contributed by atoms with Gasteiger partial charge in [0.05, 0.1) is 18.1 Å². The first kappa shape index (κ1) is 11.2. The second kappa shape index (κ2) is 4.20. The zero-order chi connectivity index (χ0) is 12.1. The van der Waals surface area contributed by atoms with Crippen molar-refractivity contribution in [1.82, 2.24) is 10.6 Å². The standard InChI is InChI=1S/C14H22N2O2/c17-14(10-7-9-3-4-11(10)15-9)16-12-5-6-18-13(12)8-1-2-8/h8-13,15H,1-7H2,(H,16,17). The molecule has 4 heteroatoms. The first-order valence-corrected chi connectivity index (χ1v) is 7.49. The molecule has 3 saturated heterocycles. The van der Waals surface area contributed by atoms with Crippen molar-refractivity contribution in [2.45, 2.75) is 62.8 Å². The summed E-state index contributed by atoms with van der Waals surface area (Å²) in [4.78, 5) is 12.4. The lowest BCUT2D eigenvalue weighted by Crippen LogP contribution is -2.46. The molecular formula is C14H22N2O2. The molecule has 5 atom stereocenters. The Morgan fingerprint density at radius 3 is 2.72 bits per heavy atom. The lowest BCUT2D eigenvalue weighted by atomic mass is 9.88. The maximum absolute atomic E-state index is 12.4. The third kappa shape index (κ3) is 1.86. The first-order chi connectivity index (χ1) is 8.81. The minimum atomic E-state index is 0.212. The number of amides is 1. The number of ether oxygens (including phenoxy) is 1. The quantitative estimate of drug-likeness (QED) is 0.779. The minimum Gasteiger partial charge on any atom is -0.376 e. The van der Waals surface area contributed by atoms with E-state index in [1.807, 2.05) is 0 Å². The van der Waals surface area contributed by atoms with E-state index < -0.39 is 0 Å². The fraction of sp³-hybridized carbons (Fsp3) is 0.929. The van der Waals surface area contributed by atoms with E-state index in [0.717, 1.165) is 25.4 Å². The van der Waals surface area contributed by atoms with Gasteiger partial charge in [-0.1, -0.05) is 0 Å². The molecular weight excluding hydrogens is 228 g/mol. The first-order valence-electron chi connectivity index (χ1n) is 7.49. The van der Waals surface area contributed by atoms with E-state index in [0.29, 0.717) is 18.2 Å². The summed E-state index contributed by atoms with van der Waals surface area (Å²) < 4.78 is 5.78. The van der Waals surface area contributed by atoms with Crippen LogP contribution in [0.15, 0.2) is 0 Å². The molecule has 4 aliphatic rings. The van der Waals surface area contributed by atoms with E-state index in [9.17, 15) is 4.79 Å². The molecule has 0 aromatic carbocycles. The molecule has 0 spiro atoms. The Labute approximate surface area is 108 Å². The molecule has 1 amide bonds. The predicted molar refractivity (Wildman–Crippen MR) is 67.1 cm³/mol. The second-order valence-corrected chi connectivity index (χ2v) is 6.47. The second-order valence-electron chi connectivity index (χ2n) is 6.47. The molecule has 3 heterocycles. The molecule has 0 aromatic rings. The van der Waals surface area contributed by atoms with Gasteiger partial charge in [0, 0.05) is 18.7 Å². The summed E-state index contributed by atoms with van der Waals surface area (Å²) in [7, 11) is 0. The van der Waals surface area contributed by atoms with Crippen LogP contribution in [0.1, 0.15) is 38.5 Å². The Morgan fingerprint density at radius 2 is 2.06 bits per heavy atom. The van der Waals surface area contributed by atoms with Crippen molar-refractivity contribution < 1.29 is 9.53 Å². The number of fused-ring (bicyclic) bond motifs is 2. The van der Waals surface area contributed by atoms with Crippen LogP contribution in [0.4, 0.5) is 0 Å². The van der Waals surface area contributed by atoms with Crippen molar-refractivity contribution in [2.24, 2.45) is 11.8 Å². The van der Waals surface area contributed by atoms with Crippen molar-refractivity contribution in [3.8, 4) is 0 Å². The van der Waals surface area contributed by atoms with Crippen LogP contribution in [-0.4, -0.2) is 36.7 Å². The zero-order valence-electron chi connectivity index (χ0n) is 10.7. The Morgan fingerprint density at radius 1 is 1.17 bits per heavy atom. The van der Waals surface area contributed by atoms with Gasteiger partial charge < -0.3 is 15.4 Å². The van der Waals surface area contributed by atoms with Gasteiger partial charge in [-0.15, -0.1) is 0 Å². The Hall–Kier alpha value is -0.610. The highest BCUT2D eigenvalue weighted by molar-refractivity contribution is 5.80. The number of nitrogens with one attached hydrogen (secondary N) is 2. The van der Waals surface area contributed by atoms with Gasteiger partial charge in [0.2, 0.25) is 5.91 Å². The topological polar surface area (TPSA) is 50.4 Å². The summed E-state index contributed by atoms with van der Waals surface area (Å²) in [5.74, 6) is 1.20. The maximum Gasteiger partial charge on any atom is 0.225 e. The van der Waals surface area contributed by atoms with Crippen LogP contribution in [0.2, 0.25) is 0 Å². The van der Waals surface area contributed by atoms with Crippen molar-refractivity contribution >= 4 is 5.91 Å². The van der Waals surface area contributed by atoms with Gasteiger partial charge in [-0.25, -0.2) is 0 Å². The van der Waals surface area contributed by atoms with E-state index in [1.165, 1.54) is 25.7 Å². The highest BCUT2D eigenvalue weighted by Crippen LogP contribution is 2.39. The Kier molecular flexibility index (Phi) is 2.62. The molecule has 4 fully saturated rings. The van der Waals surface area contributed by atoms with E-state index in [1.54, 1.807) is 0 Å². The van der Waals surface area contributed by atoms with Gasteiger partial charge in [0.25, 0.3) is 0 Å². The molecule has 0 aromatic heterocycles. The summed E-state index contributed by atoms with van der Waals surface area (Å²) in [6.07, 6.45) is 7.35. The summed E-state index contributed by atoms with van der Waals surface area (Å²) in [5.41, 5.74) is 0. The van der Waals surface area contributed by atoms with Crippen molar-refractivity contribution in [3.63, 3.8) is 0 Å². The van der Waals surface area contributed by atoms with Gasteiger partial charge >= 0.3 is 0 Å². The number of hydrogen-bond acceptors (Lipinski definition) is 3. The zero-order valence-corrected chi connectivity index (χ0v) is 10.7. The van der Waals surface area contributed by atoms with E-state index in [-0.39, 0.29) is 17.9 Å². The summed E-state index contributed by atoms with van der Waals surface area (Å²) in [5, 5.41) is 6.81. The van der Waals surface area contributed by atoms with E-state index >= 15 is 0 Å². The summed E-state index contributed by atoms with van der Waals surface area (Å²) in [6.45, 7) is 0.821. The lowest BCUT2D eigenvalue weighted by molar-refractivity contribution is -0.126. The SMILES string of the molecule is O=C(NC1CCOC1C1CC1)C1CC2CCC1N2. The average Bonchev–Trinajstić information content (AvgIpc) is 2.81. The van der Waals surface area contributed by atoms with Crippen LogP contribution >= 0.6 is 0 Å². The lowest BCUT2D eigenvalue weighted by Gasteiger charge is -2.24. The van der Waals surface area contributed by atoms with Gasteiger partial charge in [0.1, 0.15) is 0 Å². The molecule has 1 saturated carbocycles. The van der Waals surface area contributed by atoms with Crippen LogP contribution in [0.3, 0.4) is 0 Å². The van der Waals surface area contributed by atoms with E-state index in [2.05, 4.69) is 10.6 Å². The van der Waals surface area contributed by atoms with Crippen LogP contribution in [0.5, 0.6) is 0 Å². The highest BCUT2D eigenvalue weighted by atomic mass is 16.5. The predicted octanol–water partition coefficient (Wildman–Crippen LogP) is 0.811. The number of hydrogen-bond donors (Lipinski definition) is 2. The van der Waals surface area contributed by atoms with E-state index in [4.69, 9.17) is 4.74 Å². The molecule has 2 N–H and O–H groups in total. The van der Waals surface area contributed by atoms with Crippen LogP contribution in [0, 0.1) is 11.8 Å². The van der Waals surface area contributed by atoms with Gasteiger partial charge in [-0.05, 0) is 44.4 Å². The van der Waals surface area contributed by atoms with Crippen molar-refractivity contribution in [2.75, 3.05) is 6.61 Å². The van der Waals surface area contributed by atoms with Crippen LogP contribution in [0.25, 0.3) is 0 Å². The number of carbonyl (C=O) groups excluding carboxylic acids is 1. The third-order valence-corrected chi connectivity index (χ3v) is 5.19. The van der Waals surface area contributed by atoms with Crippen LogP contribution < -0.4 is 10.6 Å². The third-order valence-electron chi connectivity index (χ3n) is 5.19. The highest BCUT2D eigenvalue weighted by Gasteiger charge is 2.45. The number of rotatable bonds is 3. The molecule has 100 valence electrons.